The summed E-state index contributed by atoms with van der Waals surface area (Å²) in [6.07, 6.45) is 8.39. The van der Waals surface area contributed by atoms with Crippen molar-refractivity contribution in [1.82, 2.24) is 10.6 Å². The van der Waals surface area contributed by atoms with E-state index in [4.69, 9.17) is 11.2 Å². The van der Waals surface area contributed by atoms with Gasteiger partial charge in [-0.15, -0.1) is 12.3 Å². The Hall–Kier alpha value is -3.79. The van der Waals surface area contributed by atoms with Gasteiger partial charge in [0.05, 0.1) is 5.92 Å². The van der Waals surface area contributed by atoms with E-state index in [0.29, 0.717) is 12.8 Å². The number of aliphatic carboxylic acids is 1. The first-order valence-electron chi connectivity index (χ1n) is 12.1. The molecule has 0 aromatic heterocycles. The lowest BCUT2D eigenvalue weighted by Crippen LogP contribution is -2.50. The van der Waals surface area contributed by atoms with Gasteiger partial charge in [-0.05, 0) is 35.1 Å². The van der Waals surface area contributed by atoms with E-state index < -0.39 is 36.0 Å². The highest BCUT2D eigenvalue weighted by Gasteiger charge is 2.34. The zero-order chi connectivity index (χ0) is 24.8. The Morgan fingerprint density at radius 2 is 1.63 bits per heavy atom. The maximum Gasteiger partial charge on any atom is 0.407 e. The number of carboxylic acids is 1. The lowest BCUT2D eigenvalue weighted by atomic mass is 9.93. The molecule has 4 rings (SSSR count). The van der Waals surface area contributed by atoms with Gasteiger partial charge in [-0.2, -0.15) is 0 Å². The highest BCUT2D eigenvalue weighted by Crippen LogP contribution is 2.44. The molecule has 0 aliphatic heterocycles. The second-order valence-electron chi connectivity index (χ2n) is 9.13. The molecule has 0 heterocycles. The van der Waals surface area contributed by atoms with Gasteiger partial charge in [-0.1, -0.05) is 67.8 Å². The molecular weight excluding hydrogens is 444 g/mol. The molecule has 2 aliphatic carbocycles. The Bertz CT molecular complexity index is 1090. The molecule has 182 valence electrons. The van der Waals surface area contributed by atoms with Gasteiger partial charge in [0.2, 0.25) is 5.91 Å². The first kappa shape index (κ1) is 24.3. The summed E-state index contributed by atoms with van der Waals surface area (Å²) in [5.74, 6) is 0.108. The standard InChI is InChI=1S/C28H30N2O5/c1-2-10-25(27(32)33)29-26(31)22-15-4-3-5-16-24(22)30-28(34)35-17-23-20-13-8-6-11-18(20)19-12-7-9-14-21(19)23/h1,6-9,11-14,22-25H,3-5,10,15-17H2,(H,29,31)(H,30,34)(H,32,33)/t22-,24+,25?/m0/s1. The van der Waals surface area contributed by atoms with Crippen LogP contribution in [0.4, 0.5) is 4.79 Å². The first-order chi connectivity index (χ1) is 17.0. The monoisotopic (exact) mass is 474 g/mol. The SMILES string of the molecule is C#CCC(NC(=O)[C@H]1CCCCC[C@H]1NC(=O)OCC1c2ccccc2-c2ccccc21)C(=O)O. The van der Waals surface area contributed by atoms with Crippen LogP contribution in [-0.2, 0) is 14.3 Å². The van der Waals surface area contributed by atoms with Crippen LogP contribution in [0.3, 0.4) is 0 Å². The van der Waals surface area contributed by atoms with Crippen LogP contribution in [0, 0.1) is 18.3 Å². The van der Waals surface area contributed by atoms with Crippen LogP contribution in [0.2, 0.25) is 0 Å². The number of terminal acetylenes is 1. The van der Waals surface area contributed by atoms with Gasteiger partial charge in [0, 0.05) is 18.4 Å². The largest absolute Gasteiger partial charge is 0.480 e. The average molecular weight is 475 g/mol. The molecule has 0 spiro atoms. The first-order valence-corrected chi connectivity index (χ1v) is 12.1. The molecule has 1 unspecified atom stereocenters. The van der Waals surface area contributed by atoms with E-state index in [1.54, 1.807) is 0 Å². The smallest absolute Gasteiger partial charge is 0.407 e. The van der Waals surface area contributed by atoms with Crippen LogP contribution in [0.1, 0.15) is 55.6 Å². The Kier molecular flexibility index (Phi) is 7.71. The van der Waals surface area contributed by atoms with E-state index in [2.05, 4.69) is 40.8 Å². The maximum absolute atomic E-state index is 12.9. The molecule has 2 aromatic carbocycles. The van der Waals surface area contributed by atoms with Gasteiger partial charge < -0.3 is 20.5 Å². The van der Waals surface area contributed by atoms with E-state index in [1.807, 2.05) is 24.3 Å². The summed E-state index contributed by atoms with van der Waals surface area (Å²) >= 11 is 0. The van der Waals surface area contributed by atoms with Crippen molar-refractivity contribution in [2.75, 3.05) is 6.61 Å². The lowest BCUT2D eigenvalue weighted by molar-refractivity contribution is -0.142. The minimum absolute atomic E-state index is 0.0542. The molecule has 35 heavy (non-hydrogen) atoms. The number of hydrogen-bond acceptors (Lipinski definition) is 4. The minimum atomic E-state index is -1.18. The molecule has 2 aromatic rings. The van der Waals surface area contributed by atoms with E-state index in [0.717, 1.165) is 41.5 Å². The van der Waals surface area contributed by atoms with Crippen molar-refractivity contribution in [2.24, 2.45) is 5.92 Å². The Morgan fingerprint density at radius 3 is 2.26 bits per heavy atom. The third-order valence-corrected chi connectivity index (χ3v) is 6.94. The molecule has 2 aliphatic rings. The predicted molar refractivity (Wildman–Crippen MR) is 132 cm³/mol. The molecule has 0 bridgehead atoms. The van der Waals surface area contributed by atoms with Crippen molar-refractivity contribution in [3.8, 4) is 23.5 Å². The van der Waals surface area contributed by atoms with Crippen LogP contribution in [-0.4, -0.2) is 41.8 Å². The van der Waals surface area contributed by atoms with Crippen molar-refractivity contribution >= 4 is 18.0 Å². The van der Waals surface area contributed by atoms with E-state index in [1.165, 1.54) is 0 Å². The topological polar surface area (TPSA) is 105 Å². The molecule has 0 radical (unpaired) electrons. The third-order valence-electron chi connectivity index (χ3n) is 6.94. The molecule has 2 amide bonds. The number of ether oxygens (including phenoxy) is 1. The van der Waals surface area contributed by atoms with E-state index in [9.17, 15) is 19.5 Å². The van der Waals surface area contributed by atoms with Gasteiger partial charge in [0.25, 0.3) is 0 Å². The summed E-state index contributed by atoms with van der Waals surface area (Å²) in [5, 5.41) is 14.8. The van der Waals surface area contributed by atoms with Gasteiger partial charge in [0.15, 0.2) is 0 Å². The number of fused-ring (bicyclic) bond motifs is 3. The summed E-state index contributed by atoms with van der Waals surface area (Å²) < 4.78 is 5.67. The van der Waals surface area contributed by atoms with Crippen LogP contribution in [0.5, 0.6) is 0 Å². The average Bonchev–Trinajstić information content (AvgIpc) is 2.98. The van der Waals surface area contributed by atoms with Gasteiger partial charge >= 0.3 is 12.1 Å². The van der Waals surface area contributed by atoms with Crippen molar-refractivity contribution in [3.05, 3.63) is 59.7 Å². The van der Waals surface area contributed by atoms with E-state index in [-0.39, 0.29) is 18.9 Å². The van der Waals surface area contributed by atoms with Crippen LogP contribution in [0.25, 0.3) is 11.1 Å². The molecule has 7 heteroatoms. The molecule has 1 saturated carbocycles. The summed E-state index contributed by atoms with van der Waals surface area (Å²) in [4.78, 5) is 37.2. The van der Waals surface area contributed by atoms with Crippen molar-refractivity contribution in [2.45, 2.75) is 56.5 Å². The van der Waals surface area contributed by atoms with Crippen molar-refractivity contribution < 1.29 is 24.2 Å². The second kappa shape index (κ2) is 11.1. The fraction of sp³-hybridized carbons (Fsp3) is 0.393. The highest BCUT2D eigenvalue weighted by atomic mass is 16.5. The van der Waals surface area contributed by atoms with Gasteiger partial charge in [-0.3, -0.25) is 4.79 Å². The minimum Gasteiger partial charge on any atom is -0.480 e. The van der Waals surface area contributed by atoms with Crippen molar-refractivity contribution in [1.29, 1.82) is 0 Å². The highest BCUT2D eigenvalue weighted by molar-refractivity contribution is 5.86. The predicted octanol–water partition coefficient (Wildman–Crippen LogP) is 4.07. The normalized spacial score (nSPS) is 19.9. The molecule has 1 fully saturated rings. The molecule has 3 N–H and O–H groups in total. The number of hydrogen-bond donors (Lipinski definition) is 3. The number of benzene rings is 2. The maximum atomic E-state index is 12.9. The zero-order valence-electron chi connectivity index (χ0n) is 19.5. The number of rotatable bonds is 7. The van der Waals surface area contributed by atoms with Gasteiger partial charge in [0.1, 0.15) is 12.6 Å². The fourth-order valence-electron chi connectivity index (χ4n) is 5.18. The Balaban J connectivity index is 1.41. The molecule has 0 saturated heterocycles. The summed E-state index contributed by atoms with van der Waals surface area (Å²) in [5.41, 5.74) is 4.55. The number of carbonyl (C=O) groups excluding carboxylic acids is 2. The molecule has 3 atom stereocenters. The fourth-order valence-corrected chi connectivity index (χ4v) is 5.18. The van der Waals surface area contributed by atoms with Crippen LogP contribution in [0.15, 0.2) is 48.5 Å². The van der Waals surface area contributed by atoms with Crippen molar-refractivity contribution in [3.63, 3.8) is 0 Å². The zero-order valence-corrected chi connectivity index (χ0v) is 19.5. The Labute approximate surface area is 205 Å². The number of carbonyl (C=O) groups is 3. The number of alkyl carbamates (subject to hydrolysis) is 1. The van der Waals surface area contributed by atoms with Crippen LogP contribution < -0.4 is 10.6 Å². The Morgan fingerprint density at radius 1 is 1.00 bits per heavy atom. The molecular formula is C28H30N2O5. The summed E-state index contributed by atoms with van der Waals surface area (Å²) in [7, 11) is 0. The summed E-state index contributed by atoms with van der Waals surface area (Å²) in [6, 6.07) is 14.7. The lowest BCUT2D eigenvalue weighted by Gasteiger charge is -2.26. The second-order valence-corrected chi connectivity index (χ2v) is 9.13. The summed E-state index contributed by atoms with van der Waals surface area (Å²) in [6.45, 7) is 0.187. The quantitative estimate of drug-likeness (QED) is 0.415. The number of nitrogens with one attached hydrogen (secondary N) is 2. The third kappa shape index (κ3) is 5.48. The van der Waals surface area contributed by atoms with E-state index >= 15 is 0 Å². The number of carboxylic acid groups (broad SMARTS) is 1. The molecule has 7 nitrogen and oxygen atoms in total. The van der Waals surface area contributed by atoms with Gasteiger partial charge in [-0.25, -0.2) is 9.59 Å². The van der Waals surface area contributed by atoms with Crippen LogP contribution >= 0.6 is 0 Å². The number of amides is 2.